The summed E-state index contributed by atoms with van der Waals surface area (Å²) in [5, 5.41) is 9.24. The molecule has 82 valence electrons. The first kappa shape index (κ1) is 13.2. The molecule has 0 bridgehead atoms. The van der Waals surface area contributed by atoms with Crippen LogP contribution >= 0.6 is 0 Å². The summed E-state index contributed by atoms with van der Waals surface area (Å²) in [6.45, 7) is 5.72. The molecular formula is C11H20O3. The number of carbonyl (C=O) groups excluding carboxylic acids is 1. The third kappa shape index (κ3) is 7.80. The Morgan fingerprint density at radius 1 is 1.50 bits per heavy atom. The number of ether oxygens (including phenoxy) is 1. The summed E-state index contributed by atoms with van der Waals surface area (Å²) >= 11 is 0. The fourth-order valence-corrected chi connectivity index (χ4v) is 1.09. The smallest absolute Gasteiger partial charge is 0.330 e. The van der Waals surface area contributed by atoms with Crippen molar-refractivity contribution in [2.75, 3.05) is 6.61 Å². The Labute approximate surface area is 85.8 Å². The number of hydrogen-bond donors (Lipinski definition) is 1. The lowest BCUT2D eigenvalue weighted by Gasteiger charge is -2.06. The first-order valence-electron chi connectivity index (χ1n) is 5.18. The van der Waals surface area contributed by atoms with Crippen LogP contribution < -0.4 is 0 Å². The van der Waals surface area contributed by atoms with E-state index in [2.05, 4.69) is 6.58 Å². The second-order valence-corrected chi connectivity index (χ2v) is 3.28. The van der Waals surface area contributed by atoms with Gasteiger partial charge in [-0.15, -0.1) is 0 Å². The van der Waals surface area contributed by atoms with Gasteiger partial charge in [0, 0.05) is 6.08 Å². The van der Waals surface area contributed by atoms with Gasteiger partial charge in [-0.25, -0.2) is 4.79 Å². The van der Waals surface area contributed by atoms with Crippen molar-refractivity contribution in [1.82, 2.24) is 0 Å². The van der Waals surface area contributed by atoms with E-state index in [9.17, 15) is 9.90 Å². The molecule has 0 aliphatic heterocycles. The standard InChI is InChI=1S/C11H20O3/c1-3-10(12)8-6-5-7-9-14-11(13)4-2/h4,10,12H,2-3,5-9H2,1H3. The van der Waals surface area contributed by atoms with Crippen LogP contribution in [-0.2, 0) is 9.53 Å². The van der Waals surface area contributed by atoms with Gasteiger partial charge in [0.25, 0.3) is 0 Å². The van der Waals surface area contributed by atoms with Crippen molar-refractivity contribution in [2.45, 2.75) is 45.1 Å². The van der Waals surface area contributed by atoms with Gasteiger partial charge < -0.3 is 9.84 Å². The van der Waals surface area contributed by atoms with Crippen molar-refractivity contribution in [2.24, 2.45) is 0 Å². The molecule has 0 heterocycles. The Bertz CT molecular complexity index is 166. The number of carbonyl (C=O) groups is 1. The van der Waals surface area contributed by atoms with Crippen LogP contribution in [0.15, 0.2) is 12.7 Å². The topological polar surface area (TPSA) is 46.5 Å². The quantitative estimate of drug-likeness (QED) is 0.370. The molecule has 0 aromatic carbocycles. The van der Waals surface area contributed by atoms with Crippen LogP contribution in [0.25, 0.3) is 0 Å². The third-order valence-electron chi connectivity index (χ3n) is 2.06. The summed E-state index contributed by atoms with van der Waals surface area (Å²) in [5.41, 5.74) is 0. The number of unbranched alkanes of at least 4 members (excludes halogenated alkanes) is 2. The Hall–Kier alpha value is -0.830. The summed E-state index contributed by atoms with van der Waals surface area (Å²) in [6, 6.07) is 0. The zero-order valence-electron chi connectivity index (χ0n) is 8.87. The number of hydrogen-bond acceptors (Lipinski definition) is 3. The lowest BCUT2D eigenvalue weighted by molar-refractivity contribution is -0.137. The molecule has 0 rings (SSSR count). The van der Waals surface area contributed by atoms with Gasteiger partial charge in [0.15, 0.2) is 0 Å². The van der Waals surface area contributed by atoms with E-state index in [1.165, 1.54) is 6.08 Å². The summed E-state index contributed by atoms with van der Waals surface area (Å²) < 4.78 is 4.81. The van der Waals surface area contributed by atoms with Gasteiger partial charge in [0.2, 0.25) is 0 Å². The van der Waals surface area contributed by atoms with E-state index in [0.717, 1.165) is 32.1 Å². The fourth-order valence-electron chi connectivity index (χ4n) is 1.09. The molecular weight excluding hydrogens is 180 g/mol. The summed E-state index contributed by atoms with van der Waals surface area (Å²) in [4.78, 5) is 10.6. The normalized spacial score (nSPS) is 12.1. The Kier molecular flexibility index (Phi) is 8.24. The van der Waals surface area contributed by atoms with Crippen LogP contribution in [0.3, 0.4) is 0 Å². The van der Waals surface area contributed by atoms with Gasteiger partial charge in [0.1, 0.15) is 0 Å². The maximum atomic E-state index is 10.6. The van der Waals surface area contributed by atoms with E-state index >= 15 is 0 Å². The average molecular weight is 200 g/mol. The maximum absolute atomic E-state index is 10.6. The van der Waals surface area contributed by atoms with Crippen LogP contribution in [0.2, 0.25) is 0 Å². The van der Waals surface area contributed by atoms with Gasteiger partial charge in [0.05, 0.1) is 12.7 Å². The predicted octanol–water partition coefficient (Wildman–Crippen LogP) is 2.05. The molecule has 0 spiro atoms. The van der Waals surface area contributed by atoms with Crippen molar-refractivity contribution in [3.8, 4) is 0 Å². The van der Waals surface area contributed by atoms with E-state index in [1.54, 1.807) is 0 Å². The molecule has 14 heavy (non-hydrogen) atoms. The third-order valence-corrected chi connectivity index (χ3v) is 2.06. The molecule has 0 amide bonds. The van der Waals surface area contributed by atoms with Gasteiger partial charge in [-0.3, -0.25) is 0 Å². The zero-order valence-corrected chi connectivity index (χ0v) is 8.87. The molecule has 3 nitrogen and oxygen atoms in total. The van der Waals surface area contributed by atoms with Crippen molar-refractivity contribution < 1.29 is 14.6 Å². The van der Waals surface area contributed by atoms with Gasteiger partial charge in [-0.1, -0.05) is 19.9 Å². The minimum absolute atomic E-state index is 0.175. The lowest BCUT2D eigenvalue weighted by Crippen LogP contribution is -2.05. The van der Waals surface area contributed by atoms with E-state index in [0.29, 0.717) is 6.61 Å². The van der Waals surface area contributed by atoms with Crippen molar-refractivity contribution in [1.29, 1.82) is 0 Å². The molecule has 0 aliphatic rings. The maximum Gasteiger partial charge on any atom is 0.330 e. The van der Waals surface area contributed by atoms with Crippen LogP contribution in [0.5, 0.6) is 0 Å². The second kappa shape index (κ2) is 8.75. The molecule has 0 aromatic rings. The number of aliphatic hydroxyl groups excluding tert-OH is 1. The highest BCUT2D eigenvalue weighted by molar-refractivity contribution is 5.81. The summed E-state index contributed by atoms with van der Waals surface area (Å²) in [6.07, 6.45) is 5.47. The van der Waals surface area contributed by atoms with Crippen LogP contribution in [0, 0.1) is 0 Å². The van der Waals surface area contributed by atoms with Gasteiger partial charge >= 0.3 is 5.97 Å². The number of rotatable bonds is 8. The summed E-state index contributed by atoms with van der Waals surface area (Å²) in [7, 11) is 0. The average Bonchev–Trinajstić information content (AvgIpc) is 2.22. The highest BCUT2D eigenvalue weighted by Crippen LogP contribution is 2.06. The van der Waals surface area contributed by atoms with Crippen molar-refractivity contribution >= 4 is 5.97 Å². The predicted molar refractivity (Wildman–Crippen MR) is 55.9 cm³/mol. The summed E-state index contributed by atoms with van der Waals surface area (Å²) in [5.74, 6) is -0.362. The van der Waals surface area contributed by atoms with Gasteiger partial charge in [-0.2, -0.15) is 0 Å². The van der Waals surface area contributed by atoms with Crippen LogP contribution in [-0.4, -0.2) is 23.8 Å². The van der Waals surface area contributed by atoms with Gasteiger partial charge in [-0.05, 0) is 25.7 Å². The Morgan fingerprint density at radius 3 is 2.79 bits per heavy atom. The lowest BCUT2D eigenvalue weighted by atomic mass is 10.1. The SMILES string of the molecule is C=CC(=O)OCCCCCC(O)CC. The Morgan fingerprint density at radius 2 is 2.21 bits per heavy atom. The van der Waals surface area contributed by atoms with E-state index < -0.39 is 0 Å². The van der Waals surface area contributed by atoms with E-state index in [-0.39, 0.29) is 12.1 Å². The molecule has 1 unspecified atom stereocenters. The highest BCUT2D eigenvalue weighted by atomic mass is 16.5. The molecule has 0 fully saturated rings. The molecule has 0 radical (unpaired) electrons. The molecule has 3 heteroatoms. The minimum Gasteiger partial charge on any atom is -0.463 e. The second-order valence-electron chi connectivity index (χ2n) is 3.28. The molecule has 0 saturated carbocycles. The fraction of sp³-hybridized carbons (Fsp3) is 0.727. The monoisotopic (exact) mass is 200 g/mol. The van der Waals surface area contributed by atoms with E-state index in [4.69, 9.17) is 4.74 Å². The number of aliphatic hydroxyl groups is 1. The zero-order chi connectivity index (χ0) is 10.8. The first-order chi connectivity index (χ1) is 6.70. The molecule has 0 aliphatic carbocycles. The number of esters is 1. The largest absolute Gasteiger partial charge is 0.463 e. The first-order valence-corrected chi connectivity index (χ1v) is 5.18. The van der Waals surface area contributed by atoms with Crippen molar-refractivity contribution in [3.63, 3.8) is 0 Å². The molecule has 1 N–H and O–H groups in total. The highest BCUT2D eigenvalue weighted by Gasteiger charge is 2.00. The minimum atomic E-state index is -0.362. The van der Waals surface area contributed by atoms with Crippen molar-refractivity contribution in [3.05, 3.63) is 12.7 Å². The molecule has 0 aromatic heterocycles. The Balaban J connectivity index is 3.14. The van der Waals surface area contributed by atoms with Crippen LogP contribution in [0.4, 0.5) is 0 Å². The molecule has 1 atom stereocenters. The van der Waals surface area contributed by atoms with E-state index in [1.807, 2.05) is 6.92 Å². The van der Waals surface area contributed by atoms with Crippen LogP contribution in [0.1, 0.15) is 39.0 Å². The molecule has 0 saturated heterocycles.